The summed E-state index contributed by atoms with van der Waals surface area (Å²) in [6.07, 6.45) is 0. The number of hydrogen-bond donors (Lipinski definition) is 1. The molecule has 0 aliphatic carbocycles. The highest BCUT2D eigenvalue weighted by Crippen LogP contribution is 2.37. The maximum absolute atomic E-state index is 13.3. The lowest BCUT2D eigenvalue weighted by atomic mass is 10.1. The first-order valence-electron chi connectivity index (χ1n) is 6.42. The lowest BCUT2D eigenvalue weighted by Gasteiger charge is -2.21. The van der Waals surface area contributed by atoms with Gasteiger partial charge in [-0.05, 0) is 42.8 Å². The smallest absolute Gasteiger partial charge is 0.124 e. The van der Waals surface area contributed by atoms with Crippen molar-refractivity contribution in [3.05, 3.63) is 59.9 Å². The molecule has 2 aromatic carbocycles. The molecule has 0 radical (unpaired) electrons. The molecule has 4 heteroatoms. The average molecular weight is 291 g/mol. The van der Waals surface area contributed by atoms with Gasteiger partial charge in [0, 0.05) is 16.2 Å². The molecule has 0 saturated carbocycles. The number of ether oxygens (including phenoxy) is 1. The van der Waals surface area contributed by atoms with E-state index in [0.717, 1.165) is 16.2 Å². The summed E-state index contributed by atoms with van der Waals surface area (Å²) >= 11 is 1.57. The Morgan fingerprint density at radius 1 is 1.15 bits per heavy atom. The Kier molecular flexibility index (Phi) is 5.04. The second kappa shape index (κ2) is 6.77. The van der Waals surface area contributed by atoms with E-state index in [0.29, 0.717) is 0 Å². The summed E-state index contributed by atoms with van der Waals surface area (Å²) in [5, 5.41) is 0.0720. The van der Waals surface area contributed by atoms with Crippen LogP contribution in [0, 0.1) is 5.82 Å². The Balaban J connectivity index is 2.22. The largest absolute Gasteiger partial charge is 0.497 e. The summed E-state index contributed by atoms with van der Waals surface area (Å²) in [6, 6.07) is 14.4. The van der Waals surface area contributed by atoms with Crippen LogP contribution in [0.4, 0.5) is 4.39 Å². The van der Waals surface area contributed by atoms with Crippen molar-refractivity contribution in [3.8, 4) is 5.75 Å². The summed E-state index contributed by atoms with van der Waals surface area (Å²) in [5.74, 6) is 0.584. The van der Waals surface area contributed by atoms with Gasteiger partial charge in [-0.2, -0.15) is 0 Å². The standard InChI is InChI=1S/C16H18FNOS/c1-11(18)16(12-6-8-14(19-2)9-7-12)20-15-5-3-4-13(17)10-15/h3-11,16H,18H2,1-2H3. The molecule has 0 fully saturated rings. The van der Waals surface area contributed by atoms with Gasteiger partial charge < -0.3 is 10.5 Å². The van der Waals surface area contributed by atoms with E-state index in [1.165, 1.54) is 12.1 Å². The van der Waals surface area contributed by atoms with Crippen molar-refractivity contribution in [1.82, 2.24) is 0 Å². The maximum Gasteiger partial charge on any atom is 0.124 e. The molecule has 2 nitrogen and oxygen atoms in total. The fraction of sp³-hybridized carbons (Fsp3) is 0.250. The predicted octanol–water partition coefficient (Wildman–Crippen LogP) is 4.01. The van der Waals surface area contributed by atoms with Crippen molar-refractivity contribution in [3.63, 3.8) is 0 Å². The van der Waals surface area contributed by atoms with Gasteiger partial charge in [-0.15, -0.1) is 11.8 Å². The van der Waals surface area contributed by atoms with Crippen LogP contribution in [-0.4, -0.2) is 13.2 Å². The van der Waals surface area contributed by atoms with E-state index in [1.54, 1.807) is 24.9 Å². The first-order valence-corrected chi connectivity index (χ1v) is 7.30. The van der Waals surface area contributed by atoms with Gasteiger partial charge in [0.2, 0.25) is 0 Å². The molecular formula is C16H18FNOS. The van der Waals surface area contributed by atoms with Gasteiger partial charge >= 0.3 is 0 Å². The Morgan fingerprint density at radius 2 is 1.85 bits per heavy atom. The highest BCUT2D eigenvalue weighted by molar-refractivity contribution is 7.99. The number of hydrogen-bond acceptors (Lipinski definition) is 3. The first kappa shape index (κ1) is 14.9. The zero-order chi connectivity index (χ0) is 14.5. The van der Waals surface area contributed by atoms with Crippen LogP contribution in [-0.2, 0) is 0 Å². The lowest BCUT2D eigenvalue weighted by Crippen LogP contribution is -2.22. The van der Waals surface area contributed by atoms with E-state index >= 15 is 0 Å². The Labute approximate surface area is 123 Å². The third-order valence-corrected chi connectivity index (χ3v) is 4.46. The molecule has 0 heterocycles. The molecule has 0 aliphatic heterocycles. The van der Waals surface area contributed by atoms with Crippen LogP contribution < -0.4 is 10.5 Å². The van der Waals surface area contributed by atoms with Gasteiger partial charge in [0.25, 0.3) is 0 Å². The van der Waals surface area contributed by atoms with Crippen LogP contribution in [0.3, 0.4) is 0 Å². The predicted molar refractivity (Wildman–Crippen MR) is 81.6 cm³/mol. The molecule has 106 valence electrons. The summed E-state index contributed by atoms with van der Waals surface area (Å²) in [5.41, 5.74) is 7.19. The third kappa shape index (κ3) is 3.74. The number of benzene rings is 2. The SMILES string of the molecule is COc1ccc(C(Sc2cccc(F)c2)C(C)N)cc1. The van der Waals surface area contributed by atoms with E-state index < -0.39 is 0 Å². The van der Waals surface area contributed by atoms with Crippen molar-refractivity contribution in [2.24, 2.45) is 5.73 Å². The molecule has 2 atom stereocenters. The van der Waals surface area contributed by atoms with Crippen LogP contribution in [0.15, 0.2) is 53.4 Å². The lowest BCUT2D eigenvalue weighted by molar-refractivity contribution is 0.414. The molecule has 0 saturated heterocycles. The topological polar surface area (TPSA) is 35.2 Å². The van der Waals surface area contributed by atoms with Crippen LogP contribution >= 0.6 is 11.8 Å². The highest BCUT2D eigenvalue weighted by Gasteiger charge is 2.18. The monoisotopic (exact) mass is 291 g/mol. The second-order valence-corrected chi connectivity index (χ2v) is 5.84. The fourth-order valence-corrected chi connectivity index (χ4v) is 3.10. The summed E-state index contributed by atoms with van der Waals surface area (Å²) in [7, 11) is 1.64. The Hall–Kier alpha value is -1.52. The van der Waals surface area contributed by atoms with E-state index in [1.807, 2.05) is 37.3 Å². The Bertz CT molecular complexity index is 557. The van der Waals surface area contributed by atoms with Crippen LogP contribution in [0.2, 0.25) is 0 Å². The second-order valence-electron chi connectivity index (χ2n) is 4.63. The van der Waals surface area contributed by atoms with Crippen molar-refractivity contribution >= 4 is 11.8 Å². The average Bonchev–Trinajstić information content (AvgIpc) is 2.45. The van der Waals surface area contributed by atoms with Crippen LogP contribution in [0.1, 0.15) is 17.7 Å². The molecule has 0 amide bonds. The zero-order valence-electron chi connectivity index (χ0n) is 11.5. The molecule has 0 aliphatic rings. The minimum atomic E-state index is -0.229. The number of methoxy groups -OCH3 is 1. The molecule has 2 aromatic rings. The van der Waals surface area contributed by atoms with Crippen molar-refractivity contribution in [2.75, 3.05) is 7.11 Å². The molecule has 0 aromatic heterocycles. The van der Waals surface area contributed by atoms with Crippen LogP contribution in [0.5, 0.6) is 5.75 Å². The Morgan fingerprint density at radius 3 is 2.40 bits per heavy atom. The number of nitrogens with two attached hydrogens (primary N) is 1. The van der Waals surface area contributed by atoms with Gasteiger partial charge in [-0.3, -0.25) is 0 Å². The van der Waals surface area contributed by atoms with Crippen molar-refractivity contribution in [2.45, 2.75) is 23.1 Å². The van der Waals surface area contributed by atoms with E-state index in [4.69, 9.17) is 10.5 Å². The molecule has 2 N–H and O–H groups in total. The third-order valence-electron chi connectivity index (χ3n) is 2.98. The molecule has 0 bridgehead atoms. The van der Waals surface area contributed by atoms with Gasteiger partial charge in [0.1, 0.15) is 11.6 Å². The summed E-state index contributed by atoms with van der Waals surface area (Å²) < 4.78 is 18.4. The number of thioether (sulfide) groups is 1. The van der Waals surface area contributed by atoms with E-state index in [2.05, 4.69) is 0 Å². The molecule has 0 spiro atoms. The normalized spacial score (nSPS) is 13.8. The number of rotatable bonds is 5. The van der Waals surface area contributed by atoms with Crippen LogP contribution in [0.25, 0.3) is 0 Å². The number of halogens is 1. The van der Waals surface area contributed by atoms with Gasteiger partial charge in [0.05, 0.1) is 7.11 Å². The van der Waals surface area contributed by atoms with Gasteiger partial charge in [-0.1, -0.05) is 18.2 Å². The first-order chi connectivity index (χ1) is 9.60. The molecule has 2 rings (SSSR count). The fourth-order valence-electron chi connectivity index (χ4n) is 1.96. The minimum absolute atomic E-state index is 0.0448. The van der Waals surface area contributed by atoms with Crippen molar-refractivity contribution < 1.29 is 9.13 Å². The van der Waals surface area contributed by atoms with Gasteiger partial charge in [0.15, 0.2) is 0 Å². The van der Waals surface area contributed by atoms with Gasteiger partial charge in [-0.25, -0.2) is 4.39 Å². The molecule has 20 heavy (non-hydrogen) atoms. The van der Waals surface area contributed by atoms with Crippen molar-refractivity contribution in [1.29, 1.82) is 0 Å². The highest BCUT2D eigenvalue weighted by atomic mass is 32.2. The molecule has 2 unspecified atom stereocenters. The summed E-state index contributed by atoms with van der Waals surface area (Å²) in [6.45, 7) is 1.96. The van der Waals surface area contributed by atoms with E-state index in [-0.39, 0.29) is 17.1 Å². The summed E-state index contributed by atoms with van der Waals surface area (Å²) in [4.78, 5) is 0.878. The zero-order valence-corrected chi connectivity index (χ0v) is 12.4. The molecular weight excluding hydrogens is 273 g/mol. The quantitative estimate of drug-likeness (QED) is 0.845. The van der Waals surface area contributed by atoms with E-state index in [9.17, 15) is 4.39 Å². The minimum Gasteiger partial charge on any atom is -0.497 e. The maximum atomic E-state index is 13.3.